The molecular weight excluding hydrogens is 329 g/mol. The monoisotopic (exact) mass is 347 g/mol. The van der Waals surface area contributed by atoms with Gasteiger partial charge in [-0.25, -0.2) is 8.42 Å². The Kier molecular flexibility index (Phi) is 5.03. The normalized spacial score (nSPS) is 23.2. The van der Waals surface area contributed by atoms with Crippen LogP contribution in [0.2, 0.25) is 5.02 Å². The second-order valence-corrected chi connectivity index (χ2v) is 8.52. The summed E-state index contributed by atoms with van der Waals surface area (Å²) >= 11 is 6.25. The van der Waals surface area contributed by atoms with Gasteiger partial charge in [0.1, 0.15) is 0 Å². The highest BCUT2D eigenvalue weighted by Crippen LogP contribution is 2.31. The molecule has 2 aliphatic heterocycles. The molecule has 0 radical (unpaired) electrons. The summed E-state index contributed by atoms with van der Waals surface area (Å²) in [5.74, 6) is 0.671. The molecule has 3 rings (SSSR count). The predicted molar refractivity (Wildman–Crippen MR) is 82.4 cm³/mol. The number of nitrogens with zero attached hydrogens (tertiary/aromatic N) is 1. The van der Waals surface area contributed by atoms with Crippen molar-refractivity contribution in [3.63, 3.8) is 0 Å². The van der Waals surface area contributed by atoms with E-state index in [9.17, 15) is 8.42 Å². The number of hydrogen-bond donors (Lipinski definition) is 0. The van der Waals surface area contributed by atoms with Gasteiger partial charge in [-0.2, -0.15) is 0 Å². The summed E-state index contributed by atoms with van der Waals surface area (Å²) in [6.07, 6.45) is 3.23. The van der Waals surface area contributed by atoms with Gasteiger partial charge in [0.15, 0.2) is 9.84 Å². The fourth-order valence-electron chi connectivity index (χ4n) is 3.11. The molecule has 0 bridgehead atoms. The average molecular weight is 348 g/mol. The van der Waals surface area contributed by atoms with Crippen LogP contribution in [0, 0.1) is 0 Å². The molecule has 1 aromatic carbocycles. The third-order valence-electron chi connectivity index (χ3n) is 4.55. The first-order valence-corrected chi connectivity index (χ1v) is 9.19. The molecule has 0 saturated carbocycles. The maximum absolute atomic E-state index is 11.6. The Morgan fingerprint density at radius 2 is 1.71 bits per heavy atom. The van der Waals surface area contributed by atoms with Gasteiger partial charge in [0.25, 0.3) is 0 Å². The van der Waals surface area contributed by atoms with Gasteiger partial charge in [0.2, 0.25) is 0 Å². The highest BCUT2D eigenvalue weighted by molar-refractivity contribution is 7.91. The molecule has 1 spiro atoms. The van der Waals surface area contributed by atoms with E-state index in [0.717, 1.165) is 47.7 Å². The van der Waals surface area contributed by atoms with E-state index >= 15 is 0 Å². The molecule has 0 aromatic heterocycles. The van der Waals surface area contributed by atoms with Gasteiger partial charge < -0.3 is 16.9 Å². The van der Waals surface area contributed by atoms with Crippen molar-refractivity contribution in [1.29, 1.82) is 0 Å². The van der Waals surface area contributed by atoms with Gasteiger partial charge in [-0.1, -0.05) is 29.8 Å². The molecule has 1 aromatic rings. The summed E-state index contributed by atoms with van der Waals surface area (Å²) in [5, 5.41) is 0.799. The number of hydrogen-bond acceptors (Lipinski definition) is 2. The highest BCUT2D eigenvalue weighted by atomic mass is 35.5. The second-order valence-electron chi connectivity index (χ2n) is 5.81. The third-order valence-corrected chi connectivity index (χ3v) is 6.49. The summed E-state index contributed by atoms with van der Waals surface area (Å²) in [6, 6.07) is 7.93. The highest BCUT2D eigenvalue weighted by Gasteiger charge is 2.37. The Morgan fingerprint density at radius 1 is 1.05 bits per heavy atom. The zero-order chi connectivity index (χ0) is 14.2. The molecule has 6 heteroatoms. The molecule has 2 heterocycles. The van der Waals surface area contributed by atoms with Crippen molar-refractivity contribution in [2.45, 2.75) is 6.42 Å². The van der Waals surface area contributed by atoms with Crippen molar-refractivity contribution in [3.05, 3.63) is 40.9 Å². The lowest BCUT2D eigenvalue weighted by Crippen LogP contribution is -3.00. The van der Waals surface area contributed by atoms with Gasteiger partial charge in [0.05, 0.1) is 37.7 Å². The molecule has 0 N–H and O–H groups in total. The van der Waals surface area contributed by atoms with Crippen LogP contribution in [0.3, 0.4) is 0 Å². The van der Waals surface area contributed by atoms with E-state index in [1.807, 2.05) is 18.2 Å². The van der Waals surface area contributed by atoms with Gasteiger partial charge in [-0.3, -0.25) is 0 Å². The smallest absolute Gasteiger partial charge is 0.161 e. The molecule has 3 nitrogen and oxygen atoms in total. The topological polar surface area (TPSA) is 34.1 Å². The fourth-order valence-corrected chi connectivity index (χ4v) is 4.90. The molecule has 1 saturated heterocycles. The van der Waals surface area contributed by atoms with Crippen molar-refractivity contribution in [1.82, 2.24) is 0 Å². The standard InChI is InChI=1S/C15H19ClNO2S.ClH/c16-15-4-2-1-3-14(15)13-5-7-17(8-6-13)9-11-20(18,19)12-10-17;/h1-5H,6-12H2;1H/q+1;/p-1. The van der Waals surface area contributed by atoms with Crippen LogP contribution in [-0.4, -0.2) is 50.6 Å². The van der Waals surface area contributed by atoms with Crippen molar-refractivity contribution >= 4 is 27.0 Å². The molecule has 0 unspecified atom stereocenters. The predicted octanol–water partition coefficient (Wildman–Crippen LogP) is -0.624. The van der Waals surface area contributed by atoms with Crippen LogP contribution in [0.4, 0.5) is 0 Å². The summed E-state index contributed by atoms with van der Waals surface area (Å²) in [4.78, 5) is 0. The summed E-state index contributed by atoms with van der Waals surface area (Å²) in [5.41, 5.74) is 2.42. The first kappa shape index (κ1) is 16.8. The summed E-state index contributed by atoms with van der Waals surface area (Å²) in [7, 11) is -2.79. The van der Waals surface area contributed by atoms with Crippen LogP contribution in [0.1, 0.15) is 12.0 Å². The zero-order valence-corrected chi connectivity index (χ0v) is 14.1. The number of rotatable bonds is 1. The van der Waals surface area contributed by atoms with E-state index in [0.29, 0.717) is 11.5 Å². The van der Waals surface area contributed by atoms with Crippen LogP contribution in [0.5, 0.6) is 0 Å². The summed E-state index contributed by atoms with van der Waals surface area (Å²) < 4.78 is 24.1. The van der Waals surface area contributed by atoms with Crippen LogP contribution < -0.4 is 12.4 Å². The Balaban J connectivity index is 0.00000161. The Hall–Kier alpha value is -0.550. The first-order chi connectivity index (χ1) is 9.50. The zero-order valence-electron chi connectivity index (χ0n) is 11.8. The lowest BCUT2D eigenvalue weighted by molar-refractivity contribution is -0.920. The van der Waals surface area contributed by atoms with Crippen LogP contribution in [0.15, 0.2) is 30.3 Å². The molecule has 0 atom stereocenters. The van der Waals surface area contributed by atoms with Crippen molar-refractivity contribution in [2.75, 3.05) is 37.7 Å². The van der Waals surface area contributed by atoms with E-state index in [2.05, 4.69) is 12.1 Å². The lowest BCUT2D eigenvalue weighted by atomic mass is 9.98. The average Bonchev–Trinajstić information content (AvgIpc) is 2.44. The largest absolute Gasteiger partial charge is 1.00 e. The Bertz CT molecular complexity index is 641. The van der Waals surface area contributed by atoms with Crippen molar-refractivity contribution < 1.29 is 25.3 Å². The SMILES string of the molecule is O=S1(=O)CC[N+]2(CC=C(c3ccccc3Cl)CC2)CC1.[Cl-]. The van der Waals surface area contributed by atoms with E-state index < -0.39 is 9.84 Å². The van der Waals surface area contributed by atoms with Crippen molar-refractivity contribution in [2.24, 2.45) is 0 Å². The lowest BCUT2D eigenvalue weighted by Gasteiger charge is -2.43. The number of quaternary nitrogens is 1. The van der Waals surface area contributed by atoms with Crippen molar-refractivity contribution in [3.8, 4) is 0 Å². The minimum Gasteiger partial charge on any atom is -1.00 e. The molecule has 21 heavy (non-hydrogen) atoms. The van der Waals surface area contributed by atoms with Crippen LogP contribution in [0.25, 0.3) is 5.57 Å². The maximum Gasteiger partial charge on any atom is 0.161 e. The molecule has 2 aliphatic rings. The molecule has 0 amide bonds. The fraction of sp³-hybridized carbons (Fsp3) is 0.467. The maximum atomic E-state index is 11.6. The summed E-state index contributed by atoms with van der Waals surface area (Å²) in [6.45, 7) is 3.46. The van der Waals surface area contributed by atoms with E-state index in [4.69, 9.17) is 11.6 Å². The second kappa shape index (κ2) is 6.29. The van der Waals surface area contributed by atoms with Gasteiger partial charge in [-0.15, -0.1) is 0 Å². The number of halogens is 2. The minimum atomic E-state index is -2.79. The Labute approximate surface area is 137 Å². The molecule has 116 valence electrons. The first-order valence-electron chi connectivity index (χ1n) is 6.99. The quantitative estimate of drug-likeness (QED) is 0.634. The van der Waals surface area contributed by atoms with Crippen LogP contribution in [-0.2, 0) is 9.84 Å². The Morgan fingerprint density at radius 3 is 2.29 bits per heavy atom. The minimum absolute atomic E-state index is 0. The molecular formula is C15H19Cl2NO2S. The number of benzene rings is 1. The number of sulfone groups is 1. The van der Waals surface area contributed by atoms with Gasteiger partial charge in [0, 0.05) is 11.4 Å². The van der Waals surface area contributed by atoms with E-state index in [1.165, 1.54) is 5.57 Å². The van der Waals surface area contributed by atoms with Gasteiger partial charge >= 0.3 is 0 Å². The van der Waals surface area contributed by atoms with Crippen LogP contribution >= 0.6 is 11.6 Å². The third kappa shape index (κ3) is 3.62. The molecule has 1 fully saturated rings. The van der Waals surface area contributed by atoms with E-state index in [-0.39, 0.29) is 12.4 Å². The van der Waals surface area contributed by atoms with Gasteiger partial charge in [-0.05, 0) is 23.3 Å². The molecule has 0 aliphatic carbocycles. The van der Waals surface area contributed by atoms with E-state index in [1.54, 1.807) is 0 Å².